The SMILES string of the molecule is COCCNC(=O)C1CN(C(=O)c2sccc2C)CCN1c1ccc(C#N)c(C(F)(F)F)c1. The first-order chi connectivity index (χ1) is 15.7. The van der Waals surface area contributed by atoms with Crippen LogP contribution in [0.1, 0.15) is 26.4 Å². The van der Waals surface area contributed by atoms with Gasteiger partial charge in [0.25, 0.3) is 5.91 Å². The molecule has 0 spiro atoms. The molecule has 2 aromatic rings. The van der Waals surface area contributed by atoms with E-state index in [0.29, 0.717) is 4.88 Å². The summed E-state index contributed by atoms with van der Waals surface area (Å²) in [6.07, 6.45) is -4.72. The lowest BCUT2D eigenvalue weighted by Gasteiger charge is -2.42. The minimum Gasteiger partial charge on any atom is -0.383 e. The first-order valence-corrected chi connectivity index (χ1v) is 11.0. The Morgan fingerprint density at radius 2 is 2.06 bits per heavy atom. The number of ether oxygens (including phenoxy) is 1. The van der Waals surface area contributed by atoms with Crippen LogP contribution < -0.4 is 10.2 Å². The highest BCUT2D eigenvalue weighted by molar-refractivity contribution is 7.12. The number of rotatable bonds is 6. The number of alkyl halides is 3. The molecular formula is C22H23F3N4O3S. The largest absolute Gasteiger partial charge is 0.417 e. The lowest BCUT2D eigenvalue weighted by molar-refractivity contribution is -0.137. The van der Waals surface area contributed by atoms with Crippen molar-refractivity contribution in [1.29, 1.82) is 5.26 Å². The molecule has 0 bridgehead atoms. The third kappa shape index (κ3) is 5.46. The fourth-order valence-electron chi connectivity index (χ4n) is 3.67. The summed E-state index contributed by atoms with van der Waals surface area (Å²) in [6.45, 7) is 2.71. The number of thiophene rings is 1. The van der Waals surface area contributed by atoms with Crippen molar-refractivity contribution in [1.82, 2.24) is 10.2 Å². The van der Waals surface area contributed by atoms with Gasteiger partial charge >= 0.3 is 6.18 Å². The second-order valence-corrected chi connectivity index (χ2v) is 8.43. The fourth-order valence-corrected chi connectivity index (χ4v) is 4.57. The van der Waals surface area contributed by atoms with E-state index in [1.807, 2.05) is 18.4 Å². The van der Waals surface area contributed by atoms with Crippen LogP contribution in [0, 0.1) is 18.3 Å². The number of nitrogens with zero attached hydrogens (tertiary/aromatic N) is 3. The molecule has 33 heavy (non-hydrogen) atoms. The fraction of sp³-hybridized carbons (Fsp3) is 0.409. The molecule has 0 radical (unpaired) electrons. The minimum absolute atomic E-state index is 0.0103. The summed E-state index contributed by atoms with van der Waals surface area (Å²) < 4.78 is 45.4. The summed E-state index contributed by atoms with van der Waals surface area (Å²) in [4.78, 5) is 29.6. The first-order valence-electron chi connectivity index (χ1n) is 10.2. The highest BCUT2D eigenvalue weighted by Crippen LogP contribution is 2.35. The lowest BCUT2D eigenvalue weighted by Crippen LogP contribution is -2.60. The monoisotopic (exact) mass is 480 g/mol. The van der Waals surface area contributed by atoms with E-state index in [1.54, 1.807) is 15.9 Å². The number of carbonyl (C=O) groups is 2. The Kier molecular flexibility index (Phi) is 7.61. The lowest BCUT2D eigenvalue weighted by atomic mass is 10.0. The molecule has 1 aromatic carbocycles. The maximum Gasteiger partial charge on any atom is 0.417 e. The normalized spacial score (nSPS) is 16.4. The quantitative estimate of drug-likeness (QED) is 0.643. The molecule has 176 valence electrons. The topological polar surface area (TPSA) is 85.7 Å². The van der Waals surface area contributed by atoms with Crippen LogP contribution in [0.25, 0.3) is 0 Å². The van der Waals surface area contributed by atoms with Crippen molar-refractivity contribution in [3.63, 3.8) is 0 Å². The van der Waals surface area contributed by atoms with Crippen LogP contribution in [-0.2, 0) is 15.7 Å². The summed E-state index contributed by atoms with van der Waals surface area (Å²) in [7, 11) is 1.48. The van der Waals surface area contributed by atoms with Crippen LogP contribution in [0.4, 0.5) is 18.9 Å². The Morgan fingerprint density at radius 3 is 2.67 bits per heavy atom. The second kappa shape index (κ2) is 10.2. The van der Waals surface area contributed by atoms with Gasteiger partial charge in [0, 0.05) is 32.4 Å². The van der Waals surface area contributed by atoms with Crippen LogP contribution in [0.15, 0.2) is 29.6 Å². The van der Waals surface area contributed by atoms with Gasteiger partial charge in [-0.2, -0.15) is 18.4 Å². The van der Waals surface area contributed by atoms with Gasteiger partial charge in [-0.25, -0.2) is 0 Å². The molecule has 11 heteroatoms. The van der Waals surface area contributed by atoms with E-state index in [0.717, 1.165) is 17.7 Å². The van der Waals surface area contributed by atoms with E-state index in [4.69, 9.17) is 10.00 Å². The minimum atomic E-state index is -4.72. The van der Waals surface area contributed by atoms with Crippen LogP contribution in [0.3, 0.4) is 0 Å². The van der Waals surface area contributed by atoms with Crippen molar-refractivity contribution >= 4 is 28.8 Å². The number of hydrogen-bond donors (Lipinski definition) is 1. The molecule has 1 unspecified atom stereocenters. The van der Waals surface area contributed by atoms with E-state index in [2.05, 4.69) is 5.32 Å². The number of piperazine rings is 1. The third-order valence-electron chi connectivity index (χ3n) is 5.39. The van der Waals surface area contributed by atoms with E-state index < -0.39 is 29.3 Å². The molecule has 1 atom stereocenters. The van der Waals surface area contributed by atoms with Gasteiger partial charge in [0.05, 0.1) is 35.2 Å². The smallest absolute Gasteiger partial charge is 0.383 e. The van der Waals surface area contributed by atoms with Crippen molar-refractivity contribution in [3.05, 3.63) is 51.2 Å². The van der Waals surface area contributed by atoms with Gasteiger partial charge in [-0.15, -0.1) is 11.3 Å². The number of benzene rings is 1. The molecule has 1 aromatic heterocycles. The predicted octanol–water partition coefficient (Wildman–Crippen LogP) is 3.04. The van der Waals surface area contributed by atoms with Crippen LogP contribution in [0.5, 0.6) is 0 Å². The van der Waals surface area contributed by atoms with Crippen LogP contribution >= 0.6 is 11.3 Å². The number of nitriles is 1. The maximum absolute atomic E-state index is 13.5. The summed E-state index contributed by atoms with van der Waals surface area (Å²) in [6, 6.07) is 5.86. The number of halogens is 3. The summed E-state index contributed by atoms with van der Waals surface area (Å²) in [5.74, 6) is -0.641. The summed E-state index contributed by atoms with van der Waals surface area (Å²) in [5.41, 5.74) is -0.564. The number of hydrogen-bond acceptors (Lipinski definition) is 6. The highest BCUT2D eigenvalue weighted by atomic mass is 32.1. The van der Waals surface area contributed by atoms with E-state index in [9.17, 15) is 22.8 Å². The molecule has 7 nitrogen and oxygen atoms in total. The molecule has 1 N–H and O–H groups in total. The Balaban J connectivity index is 1.92. The molecule has 1 fully saturated rings. The van der Waals surface area contributed by atoms with Gasteiger partial charge < -0.3 is 19.9 Å². The van der Waals surface area contributed by atoms with Crippen molar-refractivity contribution in [2.45, 2.75) is 19.1 Å². The Bertz CT molecular complexity index is 1060. The van der Waals surface area contributed by atoms with Gasteiger partial charge in [-0.3, -0.25) is 9.59 Å². The Labute approximate surface area is 193 Å². The predicted molar refractivity (Wildman–Crippen MR) is 117 cm³/mol. The zero-order valence-electron chi connectivity index (χ0n) is 18.1. The Morgan fingerprint density at radius 1 is 1.30 bits per heavy atom. The molecule has 2 amide bonds. The molecule has 1 aliphatic rings. The number of methoxy groups -OCH3 is 1. The van der Waals surface area contributed by atoms with E-state index in [1.165, 1.54) is 24.5 Å². The molecule has 1 saturated heterocycles. The van der Waals surface area contributed by atoms with Crippen LogP contribution in [-0.4, -0.2) is 62.7 Å². The average Bonchev–Trinajstić information content (AvgIpc) is 3.23. The zero-order chi connectivity index (χ0) is 24.2. The first kappa shape index (κ1) is 24.5. The molecule has 1 aliphatic heterocycles. The molecule has 0 aliphatic carbocycles. The zero-order valence-corrected chi connectivity index (χ0v) is 18.9. The number of aryl methyl sites for hydroxylation is 1. The highest BCUT2D eigenvalue weighted by Gasteiger charge is 2.38. The number of nitrogens with one attached hydrogen (secondary N) is 1. The molecule has 3 rings (SSSR count). The van der Waals surface area contributed by atoms with Crippen molar-refractivity contribution in [2.75, 3.05) is 44.8 Å². The average molecular weight is 481 g/mol. The molecule has 2 heterocycles. The van der Waals surface area contributed by atoms with E-state index >= 15 is 0 Å². The summed E-state index contributed by atoms with van der Waals surface area (Å²) in [5, 5.41) is 13.6. The number of amides is 2. The third-order valence-corrected chi connectivity index (χ3v) is 6.40. The van der Waals surface area contributed by atoms with Crippen molar-refractivity contribution in [2.24, 2.45) is 0 Å². The maximum atomic E-state index is 13.5. The number of carbonyl (C=O) groups excluding carboxylic acids is 2. The van der Waals surface area contributed by atoms with Crippen LogP contribution in [0.2, 0.25) is 0 Å². The molecular weight excluding hydrogens is 457 g/mol. The van der Waals surface area contributed by atoms with Gasteiger partial charge in [0.1, 0.15) is 6.04 Å². The van der Waals surface area contributed by atoms with Crippen molar-refractivity contribution in [3.8, 4) is 6.07 Å². The summed E-state index contributed by atoms with van der Waals surface area (Å²) >= 11 is 1.31. The van der Waals surface area contributed by atoms with Crippen molar-refractivity contribution < 1.29 is 27.5 Å². The van der Waals surface area contributed by atoms with Gasteiger partial charge in [0.15, 0.2) is 0 Å². The Hall–Kier alpha value is -3.10. The molecule has 0 saturated carbocycles. The van der Waals surface area contributed by atoms with Gasteiger partial charge in [-0.05, 0) is 42.1 Å². The second-order valence-electron chi connectivity index (χ2n) is 7.52. The van der Waals surface area contributed by atoms with E-state index in [-0.39, 0.29) is 44.4 Å². The van der Waals surface area contributed by atoms with Gasteiger partial charge in [0.2, 0.25) is 5.91 Å². The number of anilines is 1. The standard InChI is InChI=1S/C22H23F3N4O3S/c1-14-5-10-33-19(14)21(31)28-7-8-29(18(13-28)20(30)27-6-9-32-2)16-4-3-15(12-26)17(11-16)22(23,24)25/h3-5,10-11,18H,6-9,13H2,1-2H3,(H,27,30). The van der Waals surface area contributed by atoms with Gasteiger partial charge in [-0.1, -0.05) is 0 Å².